The van der Waals surface area contributed by atoms with E-state index in [1.54, 1.807) is 0 Å². The van der Waals surface area contributed by atoms with Gasteiger partial charge in [0.15, 0.2) is 0 Å². The average molecular weight is 190 g/mol. The van der Waals surface area contributed by atoms with Crippen LogP contribution in [0.5, 0.6) is 0 Å². The minimum atomic E-state index is -0.567. The van der Waals surface area contributed by atoms with Crippen LogP contribution in [0.15, 0.2) is 18.2 Å². The zero-order valence-corrected chi connectivity index (χ0v) is 7.11. The molecule has 3 heteroatoms. The van der Waals surface area contributed by atoms with Gasteiger partial charge in [0.2, 0.25) is 0 Å². The van der Waals surface area contributed by atoms with Gasteiger partial charge in [-0.3, -0.25) is 4.39 Å². The Morgan fingerprint density at radius 3 is 2.67 bits per heavy atom. The molecule has 0 bridgehead atoms. The molecule has 1 rings (SSSR count). The molecule has 1 radical (unpaired) electrons. The third-order valence-corrected chi connectivity index (χ3v) is 1.89. The molecular weight excluding hydrogens is 182 g/mol. The molecule has 1 aromatic rings. The largest absolute Gasteiger partial charge is 0.250 e. The lowest BCUT2D eigenvalue weighted by Crippen LogP contribution is -1.95. The first-order chi connectivity index (χ1) is 5.65. The van der Waals surface area contributed by atoms with Gasteiger partial charge >= 0.3 is 0 Å². The van der Waals surface area contributed by atoms with Crippen molar-refractivity contribution in [1.29, 1.82) is 0 Å². The van der Waals surface area contributed by atoms with Crippen LogP contribution in [0.3, 0.4) is 0 Å². The molecule has 12 heavy (non-hydrogen) atoms. The molecule has 1 aromatic carbocycles. The Kier molecular flexibility index (Phi) is 3.04. The smallest absolute Gasteiger partial charge is 0.141 e. The Morgan fingerprint density at radius 2 is 2.17 bits per heavy atom. The Balaban J connectivity index is 2.96. The van der Waals surface area contributed by atoms with Gasteiger partial charge in [0.25, 0.3) is 0 Å². The van der Waals surface area contributed by atoms with Gasteiger partial charge in [0, 0.05) is 5.92 Å². The second kappa shape index (κ2) is 3.85. The number of hydrogen-bond donors (Lipinski definition) is 0. The summed E-state index contributed by atoms with van der Waals surface area (Å²) in [6.45, 7) is 2.97. The van der Waals surface area contributed by atoms with E-state index in [0.29, 0.717) is 5.56 Å². The number of rotatable bonds is 2. The van der Waals surface area contributed by atoms with Gasteiger partial charge in [-0.15, -0.1) is 0 Å². The SMILES string of the molecule is [CH2]C(CF)c1ccc(F)c(Cl)c1. The van der Waals surface area contributed by atoms with Crippen molar-refractivity contribution >= 4 is 11.6 Å². The van der Waals surface area contributed by atoms with Crippen molar-refractivity contribution in [2.45, 2.75) is 5.92 Å². The normalized spacial score (nSPS) is 13.0. The van der Waals surface area contributed by atoms with Gasteiger partial charge in [0.1, 0.15) is 5.82 Å². The van der Waals surface area contributed by atoms with Crippen LogP contribution in [-0.4, -0.2) is 6.67 Å². The lowest BCUT2D eigenvalue weighted by molar-refractivity contribution is 0.465. The van der Waals surface area contributed by atoms with Crippen LogP contribution >= 0.6 is 11.6 Å². The summed E-state index contributed by atoms with van der Waals surface area (Å²) in [6.07, 6.45) is 0. The highest BCUT2D eigenvalue weighted by Crippen LogP contribution is 2.21. The van der Waals surface area contributed by atoms with E-state index in [0.717, 1.165) is 0 Å². The standard InChI is InChI=1S/C9H8ClF2/c1-6(5-11)7-2-3-9(12)8(10)4-7/h2-4,6H,1,5H2. The molecule has 0 nitrogen and oxygen atoms in total. The first-order valence-electron chi connectivity index (χ1n) is 3.49. The predicted molar refractivity (Wildman–Crippen MR) is 45.5 cm³/mol. The monoisotopic (exact) mass is 189 g/mol. The zero-order chi connectivity index (χ0) is 9.14. The molecule has 0 aromatic heterocycles. The van der Waals surface area contributed by atoms with Crippen molar-refractivity contribution in [3.63, 3.8) is 0 Å². The molecule has 0 aliphatic rings. The van der Waals surface area contributed by atoms with Crippen LogP contribution in [0.2, 0.25) is 5.02 Å². The minimum absolute atomic E-state index is 0.00889. The summed E-state index contributed by atoms with van der Waals surface area (Å²) in [5, 5.41) is 0.00889. The highest BCUT2D eigenvalue weighted by atomic mass is 35.5. The average Bonchev–Trinajstić information content (AvgIpc) is 2.08. The van der Waals surface area contributed by atoms with E-state index in [-0.39, 0.29) is 5.02 Å². The van der Waals surface area contributed by atoms with Crippen molar-refractivity contribution in [1.82, 2.24) is 0 Å². The van der Waals surface area contributed by atoms with Gasteiger partial charge in [-0.1, -0.05) is 17.7 Å². The third-order valence-electron chi connectivity index (χ3n) is 1.60. The van der Waals surface area contributed by atoms with Crippen molar-refractivity contribution in [2.24, 2.45) is 0 Å². The van der Waals surface area contributed by atoms with E-state index in [1.807, 2.05) is 0 Å². The molecule has 0 N–H and O–H groups in total. The minimum Gasteiger partial charge on any atom is -0.250 e. The fraction of sp³-hybridized carbons (Fsp3) is 0.222. The van der Waals surface area contributed by atoms with Crippen LogP contribution in [0.4, 0.5) is 8.78 Å². The summed E-state index contributed by atoms with van der Waals surface area (Å²) in [4.78, 5) is 0. The van der Waals surface area contributed by atoms with Crippen LogP contribution < -0.4 is 0 Å². The summed E-state index contributed by atoms with van der Waals surface area (Å²) in [5.74, 6) is -0.963. The number of alkyl halides is 1. The number of hydrogen-bond acceptors (Lipinski definition) is 0. The molecule has 0 saturated carbocycles. The fourth-order valence-electron chi connectivity index (χ4n) is 0.855. The molecule has 65 valence electrons. The highest BCUT2D eigenvalue weighted by molar-refractivity contribution is 6.30. The van der Waals surface area contributed by atoms with Crippen LogP contribution in [0, 0.1) is 12.7 Å². The van der Waals surface area contributed by atoms with Crippen molar-refractivity contribution in [2.75, 3.05) is 6.67 Å². The summed E-state index contributed by atoms with van der Waals surface area (Å²) in [7, 11) is 0. The number of benzene rings is 1. The maximum atomic E-state index is 12.6. The molecule has 0 amide bonds. The lowest BCUT2D eigenvalue weighted by Gasteiger charge is -2.06. The molecule has 0 heterocycles. The van der Waals surface area contributed by atoms with E-state index in [2.05, 4.69) is 6.92 Å². The number of halogens is 3. The Hall–Kier alpha value is -0.630. The summed E-state index contributed by atoms with van der Waals surface area (Å²) < 4.78 is 24.7. The maximum Gasteiger partial charge on any atom is 0.141 e. The highest BCUT2D eigenvalue weighted by Gasteiger charge is 2.07. The van der Waals surface area contributed by atoms with E-state index in [1.165, 1.54) is 18.2 Å². The van der Waals surface area contributed by atoms with E-state index in [4.69, 9.17) is 11.6 Å². The first kappa shape index (κ1) is 9.46. The first-order valence-corrected chi connectivity index (χ1v) is 3.87. The Labute approximate surface area is 75.2 Å². The summed E-state index contributed by atoms with van der Waals surface area (Å²) in [6, 6.07) is 4.10. The van der Waals surface area contributed by atoms with Gasteiger partial charge in [-0.05, 0) is 24.6 Å². The Morgan fingerprint density at radius 1 is 1.50 bits per heavy atom. The van der Waals surface area contributed by atoms with Gasteiger partial charge in [0.05, 0.1) is 11.7 Å². The molecular formula is C9H8ClF2. The molecule has 0 aliphatic carbocycles. The van der Waals surface area contributed by atoms with Crippen molar-refractivity contribution in [3.05, 3.63) is 41.5 Å². The quantitative estimate of drug-likeness (QED) is 0.669. The van der Waals surface area contributed by atoms with Crippen LogP contribution in [0.25, 0.3) is 0 Å². The molecule has 0 fully saturated rings. The lowest BCUT2D eigenvalue weighted by atomic mass is 10.0. The summed E-state index contributed by atoms with van der Waals surface area (Å²) >= 11 is 5.49. The zero-order valence-electron chi connectivity index (χ0n) is 6.36. The second-order valence-corrected chi connectivity index (χ2v) is 2.93. The van der Waals surface area contributed by atoms with Gasteiger partial charge < -0.3 is 0 Å². The second-order valence-electron chi connectivity index (χ2n) is 2.52. The molecule has 0 saturated heterocycles. The van der Waals surface area contributed by atoms with E-state index in [9.17, 15) is 8.78 Å². The van der Waals surface area contributed by atoms with E-state index < -0.39 is 18.4 Å². The van der Waals surface area contributed by atoms with Gasteiger partial charge in [-0.2, -0.15) is 0 Å². The van der Waals surface area contributed by atoms with Gasteiger partial charge in [-0.25, -0.2) is 4.39 Å². The summed E-state index contributed by atoms with van der Waals surface area (Å²) in [5.41, 5.74) is 0.615. The van der Waals surface area contributed by atoms with Crippen LogP contribution in [-0.2, 0) is 0 Å². The third kappa shape index (κ3) is 1.95. The Bertz CT molecular complexity index is 273. The topological polar surface area (TPSA) is 0 Å². The predicted octanol–water partition coefficient (Wildman–Crippen LogP) is 3.37. The van der Waals surface area contributed by atoms with Crippen molar-refractivity contribution in [3.8, 4) is 0 Å². The molecule has 1 atom stereocenters. The fourth-order valence-corrected chi connectivity index (χ4v) is 1.04. The molecule has 1 unspecified atom stereocenters. The molecule has 0 spiro atoms. The van der Waals surface area contributed by atoms with Crippen molar-refractivity contribution < 1.29 is 8.78 Å². The van der Waals surface area contributed by atoms with Crippen LogP contribution in [0.1, 0.15) is 11.5 Å². The molecule has 0 aliphatic heterocycles. The maximum absolute atomic E-state index is 12.6. The van der Waals surface area contributed by atoms with E-state index >= 15 is 0 Å².